The van der Waals surface area contributed by atoms with Gasteiger partial charge in [-0.3, -0.25) is 0 Å². The zero-order valence-electron chi connectivity index (χ0n) is 12.4. The molecule has 20 heavy (non-hydrogen) atoms. The van der Waals surface area contributed by atoms with Gasteiger partial charge in [-0.25, -0.2) is 0 Å². The van der Waals surface area contributed by atoms with Crippen LogP contribution in [0.1, 0.15) is 42.5 Å². The van der Waals surface area contributed by atoms with Crippen molar-refractivity contribution in [2.45, 2.75) is 39.7 Å². The summed E-state index contributed by atoms with van der Waals surface area (Å²) < 4.78 is 5.88. The van der Waals surface area contributed by atoms with Gasteiger partial charge >= 0.3 is 0 Å². The van der Waals surface area contributed by atoms with Gasteiger partial charge in [-0.15, -0.1) is 0 Å². The van der Waals surface area contributed by atoms with Gasteiger partial charge in [-0.05, 0) is 49.2 Å². The summed E-state index contributed by atoms with van der Waals surface area (Å²) >= 11 is 6.34. The number of benzene rings is 1. The SMILES string of the molecule is CCNC(Cc1ccc(C)cc1Cl)c1ccc(CC)o1. The number of hydrogen-bond acceptors (Lipinski definition) is 2. The lowest BCUT2D eigenvalue weighted by atomic mass is 10.0. The molecular formula is C17H22ClNO. The van der Waals surface area contributed by atoms with Crippen LogP contribution in [-0.4, -0.2) is 6.54 Å². The Morgan fingerprint density at radius 2 is 2.00 bits per heavy atom. The number of furan rings is 1. The van der Waals surface area contributed by atoms with E-state index < -0.39 is 0 Å². The molecule has 0 spiro atoms. The van der Waals surface area contributed by atoms with E-state index in [0.29, 0.717) is 0 Å². The second-order valence-corrected chi connectivity index (χ2v) is 5.47. The first kappa shape index (κ1) is 15.1. The van der Waals surface area contributed by atoms with Crippen LogP contribution in [0.4, 0.5) is 0 Å². The quantitative estimate of drug-likeness (QED) is 0.835. The predicted molar refractivity (Wildman–Crippen MR) is 84.4 cm³/mol. The molecule has 0 aliphatic carbocycles. The summed E-state index contributed by atoms with van der Waals surface area (Å²) in [5, 5.41) is 4.30. The fraction of sp³-hybridized carbons (Fsp3) is 0.412. The Hall–Kier alpha value is -1.25. The Labute approximate surface area is 126 Å². The van der Waals surface area contributed by atoms with Crippen LogP contribution in [0.25, 0.3) is 0 Å². The van der Waals surface area contributed by atoms with Crippen molar-refractivity contribution >= 4 is 11.6 Å². The Kier molecular flexibility index (Phi) is 5.27. The summed E-state index contributed by atoms with van der Waals surface area (Å²) in [5.41, 5.74) is 2.34. The highest BCUT2D eigenvalue weighted by molar-refractivity contribution is 6.31. The molecule has 0 radical (unpaired) electrons. The molecule has 0 amide bonds. The van der Waals surface area contributed by atoms with Crippen LogP contribution < -0.4 is 5.32 Å². The average Bonchev–Trinajstić information content (AvgIpc) is 2.90. The monoisotopic (exact) mass is 291 g/mol. The van der Waals surface area contributed by atoms with E-state index >= 15 is 0 Å². The Morgan fingerprint density at radius 1 is 1.20 bits per heavy atom. The number of nitrogens with one attached hydrogen (secondary N) is 1. The van der Waals surface area contributed by atoms with Crippen LogP contribution in [-0.2, 0) is 12.8 Å². The van der Waals surface area contributed by atoms with E-state index in [1.54, 1.807) is 0 Å². The standard InChI is InChI=1S/C17H22ClNO/c1-4-14-8-9-17(20-14)16(19-5-2)11-13-7-6-12(3)10-15(13)18/h6-10,16,19H,4-5,11H2,1-3H3. The molecule has 0 saturated heterocycles. The van der Waals surface area contributed by atoms with Gasteiger partial charge in [0.1, 0.15) is 11.5 Å². The third-order valence-electron chi connectivity index (χ3n) is 3.46. The largest absolute Gasteiger partial charge is 0.464 e. The highest BCUT2D eigenvalue weighted by Gasteiger charge is 2.16. The van der Waals surface area contributed by atoms with E-state index in [4.69, 9.17) is 16.0 Å². The molecule has 3 heteroatoms. The van der Waals surface area contributed by atoms with Crippen LogP contribution in [0.15, 0.2) is 34.7 Å². The number of hydrogen-bond donors (Lipinski definition) is 1. The summed E-state index contributed by atoms with van der Waals surface area (Å²) in [6.45, 7) is 7.16. The van der Waals surface area contributed by atoms with Crippen molar-refractivity contribution in [1.82, 2.24) is 5.32 Å². The maximum atomic E-state index is 6.34. The van der Waals surface area contributed by atoms with Gasteiger partial charge in [0.25, 0.3) is 0 Å². The summed E-state index contributed by atoms with van der Waals surface area (Å²) in [6, 6.07) is 10.5. The van der Waals surface area contributed by atoms with Crippen molar-refractivity contribution in [3.8, 4) is 0 Å². The molecular weight excluding hydrogens is 270 g/mol. The van der Waals surface area contributed by atoms with Crippen LogP contribution in [0.3, 0.4) is 0 Å². The molecule has 1 aromatic heterocycles. The van der Waals surface area contributed by atoms with Gasteiger partial charge in [0.05, 0.1) is 6.04 Å². The van der Waals surface area contributed by atoms with E-state index in [1.807, 2.05) is 6.07 Å². The molecule has 0 fully saturated rings. The normalized spacial score (nSPS) is 12.6. The lowest BCUT2D eigenvalue weighted by Crippen LogP contribution is -2.22. The number of aryl methyl sites for hydroxylation is 2. The van der Waals surface area contributed by atoms with Gasteiger partial charge in [-0.1, -0.05) is 37.6 Å². The second-order valence-electron chi connectivity index (χ2n) is 5.07. The lowest BCUT2D eigenvalue weighted by molar-refractivity contribution is 0.397. The maximum absolute atomic E-state index is 6.34. The zero-order valence-corrected chi connectivity index (χ0v) is 13.1. The number of rotatable bonds is 6. The van der Waals surface area contributed by atoms with Gasteiger partial charge in [0.15, 0.2) is 0 Å². The summed E-state index contributed by atoms with van der Waals surface area (Å²) in [4.78, 5) is 0. The minimum Gasteiger partial charge on any atom is -0.464 e. The minimum absolute atomic E-state index is 0.167. The first-order chi connectivity index (χ1) is 9.63. The van der Waals surface area contributed by atoms with Crippen molar-refractivity contribution in [2.24, 2.45) is 0 Å². The zero-order chi connectivity index (χ0) is 14.5. The number of likely N-dealkylation sites (N-methyl/N-ethyl adjacent to an activating group) is 1. The van der Waals surface area contributed by atoms with Crippen LogP contribution in [0, 0.1) is 6.92 Å². The van der Waals surface area contributed by atoms with Gasteiger partial charge in [-0.2, -0.15) is 0 Å². The smallest absolute Gasteiger partial charge is 0.121 e. The van der Waals surface area contributed by atoms with Crippen molar-refractivity contribution < 1.29 is 4.42 Å². The van der Waals surface area contributed by atoms with Crippen LogP contribution >= 0.6 is 11.6 Å². The first-order valence-corrected chi connectivity index (χ1v) is 7.58. The molecule has 0 aliphatic rings. The van der Waals surface area contributed by atoms with Crippen LogP contribution in [0.2, 0.25) is 5.02 Å². The molecule has 1 atom stereocenters. The molecule has 1 unspecified atom stereocenters. The molecule has 2 aromatic rings. The van der Waals surface area contributed by atoms with Crippen molar-refractivity contribution in [3.63, 3.8) is 0 Å². The Balaban J connectivity index is 2.20. The summed E-state index contributed by atoms with van der Waals surface area (Å²) in [7, 11) is 0. The molecule has 0 saturated carbocycles. The van der Waals surface area contributed by atoms with Gasteiger partial charge in [0, 0.05) is 11.4 Å². The summed E-state index contributed by atoms with van der Waals surface area (Å²) in [5.74, 6) is 2.01. The van der Waals surface area contributed by atoms with Crippen LogP contribution in [0.5, 0.6) is 0 Å². The molecule has 1 heterocycles. The van der Waals surface area contributed by atoms with Crippen molar-refractivity contribution in [3.05, 3.63) is 58.0 Å². The van der Waals surface area contributed by atoms with E-state index in [9.17, 15) is 0 Å². The van der Waals surface area contributed by atoms with E-state index in [-0.39, 0.29) is 6.04 Å². The Morgan fingerprint density at radius 3 is 2.60 bits per heavy atom. The lowest BCUT2D eigenvalue weighted by Gasteiger charge is -2.16. The highest BCUT2D eigenvalue weighted by atomic mass is 35.5. The number of halogens is 1. The molecule has 2 rings (SSSR count). The molecule has 1 aromatic carbocycles. The van der Waals surface area contributed by atoms with E-state index in [1.165, 1.54) is 5.56 Å². The Bertz CT molecular complexity index is 562. The average molecular weight is 292 g/mol. The van der Waals surface area contributed by atoms with Gasteiger partial charge in [0.2, 0.25) is 0 Å². The summed E-state index contributed by atoms with van der Waals surface area (Å²) in [6.07, 6.45) is 1.76. The van der Waals surface area contributed by atoms with E-state index in [0.717, 1.165) is 41.5 Å². The molecule has 2 nitrogen and oxygen atoms in total. The molecule has 108 valence electrons. The molecule has 0 aliphatic heterocycles. The second kappa shape index (κ2) is 6.96. The third kappa shape index (κ3) is 3.65. The highest BCUT2D eigenvalue weighted by Crippen LogP contribution is 2.26. The van der Waals surface area contributed by atoms with E-state index in [2.05, 4.69) is 50.4 Å². The van der Waals surface area contributed by atoms with Crippen molar-refractivity contribution in [1.29, 1.82) is 0 Å². The fourth-order valence-corrected chi connectivity index (χ4v) is 2.64. The van der Waals surface area contributed by atoms with Crippen molar-refractivity contribution in [2.75, 3.05) is 6.54 Å². The predicted octanol–water partition coefficient (Wildman–Crippen LogP) is 4.70. The maximum Gasteiger partial charge on any atom is 0.121 e. The van der Waals surface area contributed by atoms with Gasteiger partial charge < -0.3 is 9.73 Å². The first-order valence-electron chi connectivity index (χ1n) is 7.21. The third-order valence-corrected chi connectivity index (χ3v) is 3.81. The molecule has 0 bridgehead atoms. The topological polar surface area (TPSA) is 25.2 Å². The minimum atomic E-state index is 0.167. The fourth-order valence-electron chi connectivity index (χ4n) is 2.33. The molecule has 1 N–H and O–H groups in total.